The fourth-order valence-electron chi connectivity index (χ4n) is 1.93. The molecule has 0 saturated carbocycles. The van der Waals surface area contributed by atoms with Crippen LogP contribution in [0.4, 0.5) is 0 Å². The predicted molar refractivity (Wildman–Crippen MR) is 95.4 cm³/mol. The molecule has 0 aliphatic rings. The average Bonchev–Trinajstić information content (AvgIpc) is 2.59. The molecule has 2 rings (SSSR count). The van der Waals surface area contributed by atoms with Gasteiger partial charge in [0.25, 0.3) is 0 Å². The Morgan fingerprint density at radius 1 is 0.913 bits per heavy atom. The Labute approximate surface area is 142 Å². The van der Waals surface area contributed by atoms with Crippen molar-refractivity contribution in [3.63, 3.8) is 0 Å². The molecule has 5 nitrogen and oxygen atoms in total. The lowest BCUT2D eigenvalue weighted by Crippen LogP contribution is -2.34. The van der Waals surface area contributed by atoms with E-state index >= 15 is 0 Å². The quantitative estimate of drug-likeness (QED) is 0.693. The molecule has 0 aromatic heterocycles. The van der Waals surface area contributed by atoms with Crippen LogP contribution in [0.2, 0.25) is 0 Å². The van der Waals surface area contributed by atoms with E-state index in [1.165, 1.54) is 7.05 Å². The molecule has 0 bridgehead atoms. The third-order valence-electron chi connectivity index (χ3n) is 3.25. The van der Waals surface area contributed by atoms with Crippen LogP contribution in [0.5, 0.6) is 0 Å². The second-order valence-electron chi connectivity index (χ2n) is 4.87. The minimum Gasteiger partial charge on any atom is -0.359 e. The minimum atomic E-state index is -3.39. The second kappa shape index (κ2) is 8.05. The van der Waals surface area contributed by atoms with Gasteiger partial charge in [0.2, 0.25) is 10.0 Å². The molecular formula is C16H19N3O2S2. The molecule has 3 N–H and O–H groups in total. The van der Waals surface area contributed by atoms with E-state index < -0.39 is 10.0 Å². The predicted octanol–water partition coefficient (Wildman–Crippen LogP) is 1.76. The standard InChI is InChI=1S/C16H19N3O2S2/c1-17-23(20,21)15-9-7-14(8-10-15)12-19-16(22)18-11-13-5-3-2-4-6-13/h2-10,17H,11-12H2,1H3,(H2,18,19,22). The summed E-state index contributed by atoms with van der Waals surface area (Å²) >= 11 is 5.23. The highest BCUT2D eigenvalue weighted by Crippen LogP contribution is 2.09. The number of nitrogens with one attached hydrogen (secondary N) is 3. The summed E-state index contributed by atoms with van der Waals surface area (Å²) in [5.74, 6) is 0. The van der Waals surface area contributed by atoms with Crippen LogP contribution >= 0.6 is 12.2 Å². The van der Waals surface area contributed by atoms with Gasteiger partial charge in [-0.2, -0.15) is 0 Å². The van der Waals surface area contributed by atoms with Crippen LogP contribution in [-0.2, 0) is 23.1 Å². The number of hydrogen-bond acceptors (Lipinski definition) is 3. The van der Waals surface area contributed by atoms with Gasteiger partial charge in [-0.3, -0.25) is 0 Å². The van der Waals surface area contributed by atoms with Gasteiger partial charge < -0.3 is 10.6 Å². The maximum atomic E-state index is 11.6. The Kier molecular flexibility index (Phi) is 6.09. The lowest BCUT2D eigenvalue weighted by Gasteiger charge is -2.11. The van der Waals surface area contributed by atoms with E-state index in [0.717, 1.165) is 11.1 Å². The molecule has 0 saturated heterocycles. The summed E-state index contributed by atoms with van der Waals surface area (Å²) in [5.41, 5.74) is 2.10. The van der Waals surface area contributed by atoms with E-state index in [1.54, 1.807) is 24.3 Å². The van der Waals surface area contributed by atoms with E-state index in [-0.39, 0.29) is 4.90 Å². The summed E-state index contributed by atoms with van der Waals surface area (Å²) in [6.07, 6.45) is 0. The van der Waals surface area contributed by atoms with Crippen molar-refractivity contribution >= 4 is 27.4 Å². The summed E-state index contributed by atoms with van der Waals surface area (Å²) in [7, 11) is -2.00. The Hall–Kier alpha value is -1.96. The summed E-state index contributed by atoms with van der Waals surface area (Å²) in [4.78, 5) is 0.244. The van der Waals surface area contributed by atoms with E-state index in [9.17, 15) is 8.42 Å². The summed E-state index contributed by atoms with van der Waals surface area (Å²) in [6, 6.07) is 16.6. The largest absolute Gasteiger partial charge is 0.359 e. The number of benzene rings is 2. The zero-order valence-electron chi connectivity index (χ0n) is 12.7. The first kappa shape index (κ1) is 17.4. The zero-order valence-corrected chi connectivity index (χ0v) is 14.4. The number of hydrogen-bond donors (Lipinski definition) is 3. The molecule has 0 heterocycles. The highest BCUT2D eigenvalue weighted by atomic mass is 32.2. The van der Waals surface area contributed by atoms with Gasteiger partial charge in [0.15, 0.2) is 5.11 Å². The Morgan fingerprint density at radius 3 is 1.96 bits per heavy atom. The number of rotatable bonds is 6. The van der Waals surface area contributed by atoms with Crippen LogP contribution in [0.3, 0.4) is 0 Å². The van der Waals surface area contributed by atoms with Gasteiger partial charge in [-0.1, -0.05) is 42.5 Å². The van der Waals surface area contributed by atoms with Crippen LogP contribution in [0, 0.1) is 0 Å². The van der Waals surface area contributed by atoms with Crippen LogP contribution in [0.1, 0.15) is 11.1 Å². The monoisotopic (exact) mass is 349 g/mol. The summed E-state index contributed by atoms with van der Waals surface area (Å²) < 4.78 is 25.6. The number of sulfonamides is 1. The molecule has 0 spiro atoms. The van der Waals surface area contributed by atoms with Gasteiger partial charge in [0.05, 0.1) is 4.90 Å². The van der Waals surface area contributed by atoms with Crippen LogP contribution in [0.15, 0.2) is 59.5 Å². The van der Waals surface area contributed by atoms with Crippen molar-refractivity contribution in [3.05, 3.63) is 65.7 Å². The van der Waals surface area contributed by atoms with Gasteiger partial charge in [-0.15, -0.1) is 0 Å². The van der Waals surface area contributed by atoms with E-state index in [1.807, 2.05) is 30.3 Å². The van der Waals surface area contributed by atoms with E-state index in [0.29, 0.717) is 18.2 Å². The lowest BCUT2D eigenvalue weighted by molar-refractivity contribution is 0.588. The van der Waals surface area contributed by atoms with Crippen LogP contribution < -0.4 is 15.4 Å². The van der Waals surface area contributed by atoms with E-state index in [4.69, 9.17) is 12.2 Å². The van der Waals surface area contributed by atoms with Gasteiger partial charge in [0, 0.05) is 13.1 Å². The highest BCUT2D eigenvalue weighted by molar-refractivity contribution is 7.89. The summed E-state index contributed by atoms with van der Waals surface area (Å²) in [5, 5.41) is 6.78. The Morgan fingerprint density at radius 2 is 1.43 bits per heavy atom. The molecule has 0 unspecified atom stereocenters. The van der Waals surface area contributed by atoms with Gasteiger partial charge in [-0.05, 0) is 42.5 Å². The minimum absolute atomic E-state index is 0.244. The molecule has 2 aromatic carbocycles. The zero-order chi connectivity index (χ0) is 16.7. The number of thiocarbonyl (C=S) groups is 1. The molecule has 2 aromatic rings. The molecular weight excluding hydrogens is 330 g/mol. The average molecular weight is 349 g/mol. The second-order valence-corrected chi connectivity index (χ2v) is 7.17. The van der Waals surface area contributed by atoms with Gasteiger partial charge in [0.1, 0.15) is 0 Å². The van der Waals surface area contributed by atoms with Crippen molar-refractivity contribution in [1.82, 2.24) is 15.4 Å². The van der Waals surface area contributed by atoms with E-state index in [2.05, 4.69) is 15.4 Å². The fraction of sp³-hybridized carbons (Fsp3) is 0.188. The normalized spacial score (nSPS) is 11.0. The molecule has 0 amide bonds. The van der Waals surface area contributed by atoms with Gasteiger partial charge >= 0.3 is 0 Å². The van der Waals surface area contributed by atoms with Crippen molar-refractivity contribution in [2.75, 3.05) is 7.05 Å². The molecule has 0 aliphatic heterocycles. The lowest BCUT2D eigenvalue weighted by atomic mass is 10.2. The maximum Gasteiger partial charge on any atom is 0.240 e. The van der Waals surface area contributed by atoms with Crippen molar-refractivity contribution in [2.24, 2.45) is 0 Å². The first-order chi connectivity index (χ1) is 11.0. The van der Waals surface area contributed by atoms with Crippen molar-refractivity contribution in [2.45, 2.75) is 18.0 Å². The third kappa shape index (κ3) is 5.31. The molecule has 0 radical (unpaired) electrons. The third-order valence-corrected chi connectivity index (χ3v) is 4.97. The Balaban J connectivity index is 1.82. The molecule has 122 valence electrons. The SMILES string of the molecule is CNS(=O)(=O)c1ccc(CNC(=S)NCc2ccccc2)cc1. The highest BCUT2D eigenvalue weighted by Gasteiger charge is 2.10. The van der Waals surface area contributed by atoms with Crippen molar-refractivity contribution < 1.29 is 8.42 Å². The fourth-order valence-corrected chi connectivity index (χ4v) is 2.80. The maximum absolute atomic E-state index is 11.6. The molecule has 7 heteroatoms. The van der Waals surface area contributed by atoms with Crippen molar-refractivity contribution in [1.29, 1.82) is 0 Å². The van der Waals surface area contributed by atoms with Crippen molar-refractivity contribution in [3.8, 4) is 0 Å². The van der Waals surface area contributed by atoms with Crippen LogP contribution in [-0.4, -0.2) is 20.6 Å². The first-order valence-corrected chi connectivity index (χ1v) is 8.98. The first-order valence-electron chi connectivity index (χ1n) is 7.09. The smallest absolute Gasteiger partial charge is 0.240 e. The Bertz CT molecular complexity index is 745. The molecule has 0 fully saturated rings. The topological polar surface area (TPSA) is 70.2 Å². The van der Waals surface area contributed by atoms with Crippen LogP contribution in [0.25, 0.3) is 0 Å². The molecule has 0 aliphatic carbocycles. The van der Waals surface area contributed by atoms with Gasteiger partial charge in [-0.25, -0.2) is 13.1 Å². The summed E-state index contributed by atoms with van der Waals surface area (Å²) in [6.45, 7) is 1.19. The molecule has 0 atom stereocenters. The molecule has 23 heavy (non-hydrogen) atoms.